The van der Waals surface area contributed by atoms with Gasteiger partial charge in [0.25, 0.3) is 0 Å². The summed E-state index contributed by atoms with van der Waals surface area (Å²) in [5, 5.41) is 22.8. The van der Waals surface area contributed by atoms with Crippen molar-refractivity contribution in [2.24, 2.45) is 0 Å². The molecule has 6 heteroatoms. The number of amides is 1. The molecule has 2 atom stereocenters. The molecule has 0 saturated carbocycles. The number of esters is 1. The largest absolute Gasteiger partial charge is 0.466 e. The maximum Gasteiger partial charge on any atom is 0.305 e. The Balaban J connectivity index is 3.54. The molecular formula is C48H89NO5. The number of aliphatic hydroxyl groups is 2. The summed E-state index contributed by atoms with van der Waals surface area (Å²) in [5.41, 5.74) is 0. The maximum atomic E-state index is 12.3. The van der Waals surface area contributed by atoms with E-state index >= 15 is 0 Å². The van der Waals surface area contributed by atoms with E-state index in [-0.39, 0.29) is 18.5 Å². The van der Waals surface area contributed by atoms with E-state index < -0.39 is 12.1 Å². The van der Waals surface area contributed by atoms with Gasteiger partial charge in [-0.15, -0.1) is 0 Å². The van der Waals surface area contributed by atoms with Crippen LogP contribution in [0, 0.1) is 0 Å². The maximum absolute atomic E-state index is 12.3. The molecule has 0 radical (unpaired) electrons. The van der Waals surface area contributed by atoms with Crippen molar-refractivity contribution in [1.29, 1.82) is 0 Å². The van der Waals surface area contributed by atoms with Crippen LogP contribution in [0.4, 0.5) is 0 Å². The number of carbonyl (C=O) groups excluding carboxylic acids is 2. The zero-order valence-electron chi connectivity index (χ0n) is 35.7. The number of rotatable bonds is 42. The van der Waals surface area contributed by atoms with Gasteiger partial charge < -0.3 is 20.3 Å². The molecule has 0 aliphatic rings. The molecule has 6 nitrogen and oxygen atoms in total. The second-order valence-electron chi connectivity index (χ2n) is 15.8. The van der Waals surface area contributed by atoms with Gasteiger partial charge in [-0.3, -0.25) is 9.59 Å². The molecule has 0 spiro atoms. The van der Waals surface area contributed by atoms with Gasteiger partial charge in [0.05, 0.1) is 25.4 Å². The first-order chi connectivity index (χ1) is 26.5. The Morgan fingerprint density at radius 2 is 0.907 bits per heavy atom. The summed E-state index contributed by atoms with van der Waals surface area (Å²) in [5.74, 6) is -0.117. The lowest BCUT2D eigenvalue weighted by Crippen LogP contribution is -2.45. The normalized spacial score (nSPS) is 13.0. The van der Waals surface area contributed by atoms with Crippen LogP contribution in [0.15, 0.2) is 36.5 Å². The summed E-state index contributed by atoms with van der Waals surface area (Å²) in [6.07, 6.45) is 51.4. The van der Waals surface area contributed by atoms with Crippen molar-refractivity contribution in [3.63, 3.8) is 0 Å². The number of hydrogen-bond donors (Lipinski definition) is 3. The predicted octanol–water partition coefficient (Wildman–Crippen LogP) is 13.3. The molecule has 0 aromatic rings. The standard InChI is InChI=1S/C48H89NO5/c1-3-5-7-9-11-13-14-18-22-26-30-34-38-42-48(53)54-43-39-35-31-27-23-20-17-15-16-19-21-25-29-33-37-41-47(52)49-45(44-50)46(51)40-36-32-28-24-12-10-8-6-4-2/h15,17,20,23,36,40,45-46,50-51H,3-14,16,18-19,21-22,24-35,37-39,41-44H2,1-2H3,(H,49,52)/b17-15-,23-20-,40-36+. The first-order valence-corrected chi connectivity index (χ1v) is 23.3. The summed E-state index contributed by atoms with van der Waals surface area (Å²) in [7, 11) is 0. The lowest BCUT2D eigenvalue weighted by Gasteiger charge is -2.20. The predicted molar refractivity (Wildman–Crippen MR) is 232 cm³/mol. The molecule has 0 saturated heterocycles. The monoisotopic (exact) mass is 760 g/mol. The van der Waals surface area contributed by atoms with Crippen molar-refractivity contribution in [3.8, 4) is 0 Å². The molecule has 0 rings (SSSR count). The van der Waals surface area contributed by atoms with Gasteiger partial charge in [-0.05, 0) is 64.2 Å². The zero-order valence-corrected chi connectivity index (χ0v) is 35.7. The number of allylic oxidation sites excluding steroid dienone is 5. The second kappa shape index (κ2) is 43.8. The van der Waals surface area contributed by atoms with Crippen LogP contribution in [-0.4, -0.2) is 47.4 Å². The average molecular weight is 760 g/mol. The molecule has 2 unspecified atom stereocenters. The van der Waals surface area contributed by atoms with Crippen molar-refractivity contribution < 1.29 is 24.5 Å². The van der Waals surface area contributed by atoms with E-state index in [2.05, 4.69) is 43.5 Å². The van der Waals surface area contributed by atoms with E-state index in [0.717, 1.165) is 77.0 Å². The van der Waals surface area contributed by atoms with Crippen LogP contribution >= 0.6 is 0 Å². The minimum absolute atomic E-state index is 0.0226. The van der Waals surface area contributed by atoms with E-state index in [0.29, 0.717) is 19.4 Å². The van der Waals surface area contributed by atoms with Gasteiger partial charge in [-0.25, -0.2) is 0 Å². The zero-order chi connectivity index (χ0) is 39.4. The van der Waals surface area contributed by atoms with Gasteiger partial charge in [0.1, 0.15) is 0 Å². The first kappa shape index (κ1) is 52.1. The first-order valence-electron chi connectivity index (χ1n) is 23.3. The van der Waals surface area contributed by atoms with Gasteiger partial charge in [0.2, 0.25) is 5.91 Å². The smallest absolute Gasteiger partial charge is 0.305 e. The van der Waals surface area contributed by atoms with Crippen molar-refractivity contribution in [1.82, 2.24) is 5.32 Å². The highest BCUT2D eigenvalue weighted by Crippen LogP contribution is 2.14. The lowest BCUT2D eigenvalue weighted by atomic mass is 10.0. The van der Waals surface area contributed by atoms with Crippen molar-refractivity contribution in [2.45, 2.75) is 244 Å². The number of carbonyl (C=O) groups is 2. The van der Waals surface area contributed by atoms with Gasteiger partial charge in [0, 0.05) is 12.8 Å². The molecule has 316 valence electrons. The second-order valence-corrected chi connectivity index (χ2v) is 15.8. The molecule has 0 fully saturated rings. The highest BCUT2D eigenvalue weighted by atomic mass is 16.5. The highest BCUT2D eigenvalue weighted by molar-refractivity contribution is 5.76. The Hall–Kier alpha value is -1.92. The fraction of sp³-hybridized carbons (Fsp3) is 0.833. The minimum Gasteiger partial charge on any atom is -0.466 e. The number of ether oxygens (including phenoxy) is 1. The number of nitrogens with one attached hydrogen (secondary N) is 1. The molecule has 0 aromatic heterocycles. The van der Waals surface area contributed by atoms with Crippen LogP contribution in [-0.2, 0) is 14.3 Å². The Labute approximate surface area is 334 Å². The molecule has 1 amide bonds. The van der Waals surface area contributed by atoms with Crippen LogP contribution < -0.4 is 5.32 Å². The molecule has 0 bridgehead atoms. The van der Waals surface area contributed by atoms with Crippen LogP contribution in [0.2, 0.25) is 0 Å². The summed E-state index contributed by atoms with van der Waals surface area (Å²) < 4.78 is 5.43. The van der Waals surface area contributed by atoms with Gasteiger partial charge >= 0.3 is 5.97 Å². The Bertz CT molecular complexity index is 884. The quantitative estimate of drug-likeness (QED) is 0.0249. The number of hydrogen-bond acceptors (Lipinski definition) is 5. The molecule has 0 heterocycles. The van der Waals surface area contributed by atoms with E-state index in [9.17, 15) is 19.8 Å². The summed E-state index contributed by atoms with van der Waals surface area (Å²) in [6, 6.07) is -0.642. The molecule has 3 N–H and O–H groups in total. The third-order valence-electron chi connectivity index (χ3n) is 10.4. The van der Waals surface area contributed by atoms with Crippen LogP contribution in [0.25, 0.3) is 0 Å². The van der Waals surface area contributed by atoms with Crippen molar-refractivity contribution >= 4 is 11.9 Å². The van der Waals surface area contributed by atoms with Gasteiger partial charge in [-0.2, -0.15) is 0 Å². The summed E-state index contributed by atoms with van der Waals surface area (Å²) >= 11 is 0. The number of aliphatic hydroxyl groups excluding tert-OH is 2. The molecule has 54 heavy (non-hydrogen) atoms. The Morgan fingerprint density at radius 1 is 0.519 bits per heavy atom. The molecular weight excluding hydrogens is 671 g/mol. The van der Waals surface area contributed by atoms with Gasteiger partial charge in [0.15, 0.2) is 0 Å². The van der Waals surface area contributed by atoms with E-state index in [4.69, 9.17) is 4.74 Å². The summed E-state index contributed by atoms with van der Waals surface area (Å²) in [6.45, 7) is 4.80. The fourth-order valence-electron chi connectivity index (χ4n) is 6.80. The van der Waals surface area contributed by atoms with Crippen LogP contribution in [0.3, 0.4) is 0 Å². The number of unbranched alkanes of at least 4 members (excludes halogenated alkanes) is 28. The molecule has 0 aromatic carbocycles. The van der Waals surface area contributed by atoms with Crippen LogP contribution in [0.5, 0.6) is 0 Å². The third-order valence-corrected chi connectivity index (χ3v) is 10.4. The highest BCUT2D eigenvalue weighted by Gasteiger charge is 2.18. The van der Waals surface area contributed by atoms with Crippen molar-refractivity contribution in [3.05, 3.63) is 36.5 Å². The Morgan fingerprint density at radius 3 is 1.37 bits per heavy atom. The lowest BCUT2D eigenvalue weighted by molar-refractivity contribution is -0.143. The molecule has 0 aliphatic carbocycles. The van der Waals surface area contributed by atoms with Crippen LogP contribution in [0.1, 0.15) is 232 Å². The van der Waals surface area contributed by atoms with E-state index in [1.165, 1.54) is 128 Å². The fourth-order valence-corrected chi connectivity index (χ4v) is 6.80. The summed E-state index contributed by atoms with van der Waals surface area (Å²) in [4.78, 5) is 24.3. The van der Waals surface area contributed by atoms with Crippen molar-refractivity contribution in [2.75, 3.05) is 13.2 Å². The minimum atomic E-state index is -0.856. The average Bonchev–Trinajstić information content (AvgIpc) is 3.17. The Kier molecular flexibility index (Phi) is 42.2. The van der Waals surface area contributed by atoms with E-state index in [1.54, 1.807) is 6.08 Å². The third kappa shape index (κ3) is 39.8. The SMILES string of the molecule is CCCCCCCCC/C=C/C(O)C(CO)NC(=O)CCCCCCCC/C=C\C=C/CCCCCOC(=O)CCCCCCCCCCCCCCC. The van der Waals surface area contributed by atoms with E-state index in [1.807, 2.05) is 6.08 Å². The molecule has 0 aliphatic heterocycles. The van der Waals surface area contributed by atoms with Gasteiger partial charge in [-0.1, -0.05) is 192 Å². The topological polar surface area (TPSA) is 95.9 Å².